The van der Waals surface area contributed by atoms with E-state index in [1.54, 1.807) is 13.0 Å². The normalized spacial score (nSPS) is 11.7. The van der Waals surface area contributed by atoms with Crippen LogP contribution in [0.4, 0.5) is 4.39 Å². The van der Waals surface area contributed by atoms with Crippen LogP contribution in [0.3, 0.4) is 0 Å². The van der Waals surface area contributed by atoms with Crippen molar-refractivity contribution in [1.82, 2.24) is 10.2 Å². The van der Waals surface area contributed by atoms with Crippen LogP contribution >= 0.6 is 11.6 Å². The highest BCUT2D eigenvalue weighted by atomic mass is 35.5. The second kappa shape index (κ2) is 10.8. The van der Waals surface area contributed by atoms with Crippen molar-refractivity contribution in [2.75, 3.05) is 13.1 Å². The molecule has 0 aliphatic heterocycles. The van der Waals surface area contributed by atoms with Crippen LogP contribution in [0.25, 0.3) is 0 Å². The van der Waals surface area contributed by atoms with Crippen molar-refractivity contribution in [1.29, 1.82) is 0 Å². The zero-order valence-corrected chi connectivity index (χ0v) is 17.0. The molecule has 2 aromatic rings. The maximum Gasteiger partial charge on any atom is 0.242 e. The van der Waals surface area contributed by atoms with Crippen LogP contribution in [0.2, 0.25) is 5.02 Å². The highest BCUT2D eigenvalue weighted by Gasteiger charge is 2.26. The van der Waals surface area contributed by atoms with E-state index in [1.807, 2.05) is 37.3 Å². The third-order valence-corrected chi connectivity index (χ3v) is 4.94. The number of halogens is 2. The first-order valence-electron chi connectivity index (χ1n) is 9.48. The number of nitrogens with zero attached hydrogens (tertiary/aromatic N) is 1. The van der Waals surface area contributed by atoms with Crippen molar-refractivity contribution < 1.29 is 14.0 Å². The van der Waals surface area contributed by atoms with Crippen LogP contribution in [0.5, 0.6) is 0 Å². The minimum Gasteiger partial charge on any atom is -0.354 e. The Kier molecular flexibility index (Phi) is 8.45. The van der Waals surface area contributed by atoms with E-state index >= 15 is 0 Å². The zero-order chi connectivity index (χ0) is 20.5. The Morgan fingerprint density at radius 3 is 2.50 bits per heavy atom. The monoisotopic (exact) mass is 404 g/mol. The third-order valence-electron chi connectivity index (χ3n) is 4.59. The van der Waals surface area contributed by atoms with Gasteiger partial charge in [0.25, 0.3) is 0 Å². The van der Waals surface area contributed by atoms with Crippen molar-refractivity contribution >= 4 is 23.4 Å². The van der Waals surface area contributed by atoms with E-state index < -0.39 is 11.9 Å². The molecule has 0 radical (unpaired) electrons. The number of carbonyl (C=O) groups is 2. The summed E-state index contributed by atoms with van der Waals surface area (Å²) in [5.41, 5.74) is 1.21. The molecule has 0 unspecified atom stereocenters. The Morgan fingerprint density at radius 2 is 1.86 bits per heavy atom. The van der Waals surface area contributed by atoms with Crippen molar-refractivity contribution in [3.63, 3.8) is 0 Å². The van der Waals surface area contributed by atoms with Gasteiger partial charge in [-0.25, -0.2) is 4.39 Å². The van der Waals surface area contributed by atoms with Crippen LogP contribution < -0.4 is 5.32 Å². The molecule has 0 heterocycles. The van der Waals surface area contributed by atoms with Gasteiger partial charge < -0.3 is 10.2 Å². The molecule has 28 heavy (non-hydrogen) atoms. The van der Waals surface area contributed by atoms with Gasteiger partial charge in [-0.1, -0.05) is 54.9 Å². The molecule has 1 N–H and O–H groups in total. The minimum absolute atomic E-state index is 0.153. The van der Waals surface area contributed by atoms with Gasteiger partial charge in [0.15, 0.2) is 0 Å². The molecule has 4 nitrogen and oxygen atoms in total. The fourth-order valence-corrected chi connectivity index (χ4v) is 3.15. The van der Waals surface area contributed by atoms with Gasteiger partial charge in [-0.2, -0.15) is 0 Å². The molecule has 2 amide bonds. The zero-order valence-electron chi connectivity index (χ0n) is 16.3. The van der Waals surface area contributed by atoms with Gasteiger partial charge in [-0.15, -0.1) is 0 Å². The maximum absolute atomic E-state index is 14.1. The van der Waals surface area contributed by atoms with Crippen molar-refractivity contribution in [3.8, 4) is 0 Å². The summed E-state index contributed by atoms with van der Waals surface area (Å²) in [6.07, 6.45) is 1.22. The SMILES string of the molecule is CCCNC(=O)[C@H](C)N(CCc1ccccc1)C(=O)Cc1c(F)cccc1Cl. The first-order chi connectivity index (χ1) is 13.4. The third kappa shape index (κ3) is 6.06. The number of rotatable bonds is 9. The van der Waals surface area contributed by atoms with Gasteiger partial charge in [0, 0.05) is 23.7 Å². The van der Waals surface area contributed by atoms with E-state index in [0.717, 1.165) is 12.0 Å². The molecule has 0 spiro atoms. The number of amides is 2. The highest BCUT2D eigenvalue weighted by Crippen LogP contribution is 2.21. The molecule has 6 heteroatoms. The predicted octanol–water partition coefficient (Wildman–Crippen LogP) is 4.01. The molecule has 0 aromatic heterocycles. The number of hydrogen-bond acceptors (Lipinski definition) is 2. The van der Waals surface area contributed by atoms with E-state index in [2.05, 4.69) is 5.32 Å². The fraction of sp³-hybridized carbons (Fsp3) is 0.364. The average molecular weight is 405 g/mol. The van der Waals surface area contributed by atoms with Gasteiger partial charge in [-0.05, 0) is 37.5 Å². The van der Waals surface area contributed by atoms with Crippen LogP contribution in [0, 0.1) is 5.82 Å². The van der Waals surface area contributed by atoms with Crippen molar-refractivity contribution in [2.24, 2.45) is 0 Å². The van der Waals surface area contributed by atoms with Gasteiger partial charge in [0.2, 0.25) is 11.8 Å². The minimum atomic E-state index is -0.659. The summed E-state index contributed by atoms with van der Waals surface area (Å²) in [6, 6.07) is 13.4. The number of hydrogen-bond donors (Lipinski definition) is 1. The van der Waals surface area contributed by atoms with Gasteiger partial charge in [-0.3, -0.25) is 9.59 Å². The predicted molar refractivity (Wildman–Crippen MR) is 110 cm³/mol. The lowest BCUT2D eigenvalue weighted by molar-refractivity contribution is -0.139. The van der Waals surface area contributed by atoms with Crippen LogP contribution in [0.1, 0.15) is 31.4 Å². The summed E-state index contributed by atoms with van der Waals surface area (Å²) < 4.78 is 14.1. The lowest BCUT2D eigenvalue weighted by Crippen LogP contribution is -2.49. The van der Waals surface area contributed by atoms with Gasteiger partial charge in [0.05, 0.1) is 6.42 Å². The molecule has 0 aliphatic carbocycles. The van der Waals surface area contributed by atoms with Gasteiger partial charge in [0.1, 0.15) is 11.9 Å². The molecule has 2 rings (SSSR count). The van der Waals surface area contributed by atoms with Crippen LogP contribution in [0.15, 0.2) is 48.5 Å². The number of nitrogens with one attached hydrogen (secondary N) is 1. The Hall–Kier alpha value is -2.40. The Bertz CT molecular complexity index is 778. The summed E-state index contributed by atoms with van der Waals surface area (Å²) in [5, 5.41) is 3.03. The van der Waals surface area contributed by atoms with Crippen molar-refractivity contribution in [2.45, 2.75) is 39.2 Å². The van der Waals surface area contributed by atoms with E-state index in [1.165, 1.54) is 17.0 Å². The largest absolute Gasteiger partial charge is 0.354 e. The smallest absolute Gasteiger partial charge is 0.242 e. The lowest BCUT2D eigenvalue weighted by Gasteiger charge is -2.29. The maximum atomic E-state index is 14.1. The molecule has 0 bridgehead atoms. The van der Waals surface area contributed by atoms with E-state index in [0.29, 0.717) is 19.5 Å². The Balaban J connectivity index is 2.18. The van der Waals surface area contributed by atoms with E-state index in [9.17, 15) is 14.0 Å². The molecule has 0 saturated carbocycles. The van der Waals surface area contributed by atoms with E-state index in [-0.39, 0.29) is 28.8 Å². The van der Waals surface area contributed by atoms with Crippen molar-refractivity contribution in [3.05, 3.63) is 70.5 Å². The standard InChI is InChI=1S/C22H26ClFN2O2/c1-3-13-25-22(28)16(2)26(14-12-17-8-5-4-6-9-17)21(27)15-18-19(23)10-7-11-20(18)24/h4-11,16H,3,12-15H2,1-2H3,(H,25,28)/t16-/m0/s1. The Morgan fingerprint density at radius 1 is 1.14 bits per heavy atom. The number of benzene rings is 2. The summed E-state index contributed by atoms with van der Waals surface area (Å²) >= 11 is 6.07. The van der Waals surface area contributed by atoms with E-state index in [4.69, 9.17) is 11.6 Å². The Labute approximate surface area is 170 Å². The summed E-state index contributed by atoms with van der Waals surface area (Å²) in [4.78, 5) is 26.9. The molecular weight excluding hydrogens is 379 g/mol. The summed E-state index contributed by atoms with van der Waals surface area (Å²) in [6.45, 7) is 4.55. The molecule has 0 saturated heterocycles. The van der Waals surface area contributed by atoms with Crippen LogP contribution in [-0.4, -0.2) is 35.8 Å². The highest BCUT2D eigenvalue weighted by molar-refractivity contribution is 6.31. The second-order valence-electron chi connectivity index (χ2n) is 6.67. The number of carbonyl (C=O) groups excluding carboxylic acids is 2. The topological polar surface area (TPSA) is 49.4 Å². The molecule has 1 atom stereocenters. The molecule has 0 aliphatic rings. The summed E-state index contributed by atoms with van der Waals surface area (Å²) in [7, 11) is 0. The van der Waals surface area contributed by atoms with Crippen LogP contribution in [-0.2, 0) is 22.4 Å². The molecule has 150 valence electrons. The molecular formula is C22H26ClFN2O2. The quantitative estimate of drug-likeness (QED) is 0.686. The molecule has 2 aromatic carbocycles. The lowest BCUT2D eigenvalue weighted by atomic mass is 10.1. The first-order valence-corrected chi connectivity index (χ1v) is 9.85. The summed E-state index contributed by atoms with van der Waals surface area (Å²) in [5.74, 6) is -1.07. The first kappa shape index (κ1) is 21.9. The average Bonchev–Trinajstić information content (AvgIpc) is 2.69. The molecule has 0 fully saturated rings. The second-order valence-corrected chi connectivity index (χ2v) is 7.07. The fourth-order valence-electron chi connectivity index (χ4n) is 2.92. The van der Waals surface area contributed by atoms with Gasteiger partial charge >= 0.3 is 0 Å².